The molecule has 108 valence electrons. The predicted octanol–water partition coefficient (Wildman–Crippen LogP) is 5.53. The van der Waals surface area contributed by atoms with Gasteiger partial charge >= 0.3 is 0 Å². The van der Waals surface area contributed by atoms with Gasteiger partial charge in [-0.3, -0.25) is 4.57 Å². The summed E-state index contributed by atoms with van der Waals surface area (Å²) in [5, 5.41) is 0.696. The van der Waals surface area contributed by atoms with E-state index in [0.717, 1.165) is 27.0 Å². The predicted molar refractivity (Wildman–Crippen MR) is 92.9 cm³/mol. The fraction of sp³-hybridized carbons (Fsp3) is 0.188. The van der Waals surface area contributed by atoms with Gasteiger partial charge in [-0.2, -0.15) is 0 Å². The number of nitrogens with zero attached hydrogens (tertiary/aromatic N) is 2. The maximum atomic E-state index is 6.39. The summed E-state index contributed by atoms with van der Waals surface area (Å²) in [6.07, 6.45) is 0.696. The maximum Gasteiger partial charge on any atom is 0.115 e. The van der Waals surface area contributed by atoms with E-state index in [1.54, 1.807) is 0 Å². The van der Waals surface area contributed by atoms with Crippen molar-refractivity contribution in [2.24, 2.45) is 0 Å². The zero-order chi connectivity index (χ0) is 15.0. The molecule has 0 atom stereocenters. The Morgan fingerprint density at radius 3 is 2.76 bits per heavy atom. The zero-order valence-corrected chi connectivity index (χ0v) is 14.5. The number of rotatable bonds is 3. The van der Waals surface area contributed by atoms with E-state index in [1.807, 2.05) is 24.3 Å². The van der Waals surface area contributed by atoms with Crippen molar-refractivity contribution in [2.75, 3.05) is 5.88 Å². The minimum absolute atomic E-state index is 0.524. The molecular formula is C16H13BrCl2N2. The summed E-state index contributed by atoms with van der Waals surface area (Å²) in [4.78, 5) is 4.67. The number of alkyl halides is 1. The summed E-state index contributed by atoms with van der Waals surface area (Å²) in [7, 11) is 0. The highest BCUT2D eigenvalue weighted by molar-refractivity contribution is 9.10. The van der Waals surface area contributed by atoms with Crippen molar-refractivity contribution in [1.29, 1.82) is 0 Å². The van der Waals surface area contributed by atoms with E-state index >= 15 is 0 Å². The molecule has 0 bridgehead atoms. The highest BCUT2D eigenvalue weighted by Crippen LogP contribution is 2.29. The molecule has 0 spiro atoms. The van der Waals surface area contributed by atoms with Gasteiger partial charge in [0.2, 0.25) is 0 Å². The van der Waals surface area contributed by atoms with Gasteiger partial charge in [0.1, 0.15) is 5.82 Å². The lowest BCUT2D eigenvalue weighted by molar-refractivity contribution is 0.911. The van der Waals surface area contributed by atoms with Crippen LogP contribution in [0, 0.1) is 6.92 Å². The van der Waals surface area contributed by atoms with E-state index in [1.165, 1.54) is 5.56 Å². The normalized spacial score (nSPS) is 11.2. The third kappa shape index (κ3) is 2.70. The fourth-order valence-electron chi connectivity index (χ4n) is 2.43. The number of aromatic nitrogens is 2. The number of fused-ring (bicyclic) bond motifs is 1. The first kappa shape index (κ1) is 14.9. The van der Waals surface area contributed by atoms with Gasteiger partial charge in [-0.25, -0.2) is 4.98 Å². The fourth-order valence-corrected chi connectivity index (χ4v) is 3.10. The smallest absolute Gasteiger partial charge is 0.115 e. The molecule has 0 unspecified atom stereocenters. The Labute approximate surface area is 141 Å². The molecule has 21 heavy (non-hydrogen) atoms. The number of hydrogen-bond donors (Lipinski definition) is 0. The minimum Gasteiger partial charge on any atom is -0.295 e. The van der Waals surface area contributed by atoms with Crippen LogP contribution in [0.1, 0.15) is 11.4 Å². The summed E-state index contributed by atoms with van der Waals surface area (Å²) in [6, 6.07) is 12.0. The number of para-hydroxylation sites is 1. The van der Waals surface area contributed by atoms with Crippen LogP contribution in [-0.4, -0.2) is 15.4 Å². The lowest BCUT2D eigenvalue weighted by Gasteiger charge is -2.11. The van der Waals surface area contributed by atoms with Crippen LogP contribution >= 0.6 is 39.1 Å². The Balaban J connectivity index is 2.32. The van der Waals surface area contributed by atoms with Crippen LogP contribution in [0.25, 0.3) is 16.7 Å². The molecule has 1 aromatic heterocycles. The van der Waals surface area contributed by atoms with Gasteiger partial charge in [0.15, 0.2) is 0 Å². The van der Waals surface area contributed by atoms with E-state index in [-0.39, 0.29) is 0 Å². The molecule has 0 saturated heterocycles. The summed E-state index contributed by atoms with van der Waals surface area (Å²) in [5.41, 5.74) is 4.04. The molecule has 3 rings (SSSR count). The second-order valence-electron chi connectivity index (χ2n) is 4.84. The van der Waals surface area contributed by atoms with E-state index in [0.29, 0.717) is 17.3 Å². The van der Waals surface area contributed by atoms with Gasteiger partial charge < -0.3 is 0 Å². The quantitative estimate of drug-likeness (QED) is 0.543. The van der Waals surface area contributed by atoms with Crippen molar-refractivity contribution in [3.63, 3.8) is 0 Å². The molecule has 0 radical (unpaired) electrons. The van der Waals surface area contributed by atoms with Gasteiger partial charge in [-0.1, -0.05) is 33.6 Å². The maximum absolute atomic E-state index is 6.39. The average Bonchev–Trinajstić information content (AvgIpc) is 2.82. The Hall–Kier alpha value is -1.03. The van der Waals surface area contributed by atoms with Crippen LogP contribution in [-0.2, 0) is 6.42 Å². The number of imidazole rings is 1. The Bertz CT molecular complexity index is 811. The van der Waals surface area contributed by atoms with E-state index in [2.05, 4.69) is 44.5 Å². The van der Waals surface area contributed by atoms with Crippen LogP contribution in [0.2, 0.25) is 5.02 Å². The number of halogens is 3. The first-order chi connectivity index (χ1) is 10.1. The zero-order valence-electron chi connectivity index (χ0n) is 11.4. The van der Waals surface area contributed by atoms with Gasteiger partial charge in [0.05, 0.1) is 16.1 Å². The SMILES string of the molecule is Cc1cc(-n2c(CCCl)nc3cccc(Cl)c32)ccc1Br. The van der Waals surface area contributed by atoms with Gasteiger partial charge in [0, 0.05) is 22.5 Å². The topological polar surface area (TPSA) is 17.8 Å². The highest BCUT2D eigenvalue weighted by Gasteiger charge is 2.15. The lowest BCUT2D eigenvalue weighted by Crippen LogP contribution is -2.03. The first-order valence-corrected chi connectivity index (χ1v) is 8.30. The van der Waals surface area contributed by atoms with Gasteiger partial charge in [-0.15, -0.1) is 11.6 Å². The Kier molecular flexibility index (Phi) is 4.25. The van der Waals surface area contributed by atoms with Crippen LogP contribution in [0.4, 0.5) is 0 Å². The molecule has 5 heteroatoms. The summed E-state index contributed by atoms with van der Waals surface area (Å²) >= 11 is 15.9. The molecule has 2 aromatic carbocycles. The molecule has 0 saturated carbocycles. The number of benzene rings is 2. The standard InChI is InChI=1S/C16H13BrCl2N2/c1-10-9-11(5-6-12(10)17)21-15(7-8-18)20-14-4-2-3-13(19)16(14)21/h2-6,9H,7-8H2,1H3. The summed E-state index contributed by atoms with van der Waals surface area (Å²) < 4.78 is 3.18. The molecular weight excluding hydrogens is 371 g/mol. The molecule has 3 aromatic rings. The largest absolute Gasteiger partial charge is 0.295 e. The highest BCUT2D eigenvalue weighted by atomic mass is 79.9. The first-order valence-electron chi connectivity index (χ1n) is 6.60. The van der Waals surface area contributed by atoms with Crippen LogP contribution in [0.3, 0.4) is 0 Å². The molecule has 0 aliphatic carbocycles. The third-order valence-electron chi connectivity index (χ3n) is 3.41. The van der Waals surface area contributed by atoms with Crippen molar-refractivity contribution in [2.45, 2.75) is 13.3 Å². The van der Waals surface area contributed by atoms with Crippen LogP contribution in [0.15, 0.2) is 40.9 Å². The number of hydrogen-bond acceptors (Lipinski definition) is 1. The van der Waals surface area contributed by atoms with Crippen molar-refractivity contribution >= 4 is 50.2 Å². The van der Waals surface area contributed by atoms with E-state index in [4.69, 9.17) is 23.2 Å². The van der Waals surface area contributed by atoms with Crippen molar-refractivity contribution in [3.05, 3.63) is 57.3 Å². The van der Waals surface area contributed by atoms with Crippen LogP contribution in [0.5, 0.6) is 0 Å². The summed E-state index contributed by atoms with van der Waals surface area (Å²) in [5.74, 6) is 1.45. The van der Waals surface area contributed by atoms with Gasteiger partial charge in [-0.05, 0) is 42.8 Å². The van der Waals surface area contributed by atoms with Crippen molar-refractivity contribution in [3.8, 4) is 5.69 Å². The molecule has 0 fully saturated rings. The molecule has 1 heterocycles. The van der Waals surface area contributed by atoms with Crippen LogP contribution < -0.4 is 0 Å². The third-order valence-corrected chi connectivity index (χ3v) is 4.80. The average molecular weight is 384 g/mol. The second-order valence-corrected chi connectivity index (χ2v) is 6.48. The molecule has 0 aliphatic heterocycles. The molecule has 0 N–H and O–H groups in total. The number of aryl methyl sites for hydroxylation is 2. The van der Waals surface area contributed by atoms with Gasteiger partial charge in [0.25, 0.3) is 0 Å². The lowest BCUT2D eigenvalue weighted by atomic mass is 10.2. The minimum atomic E-state index is 0.524. The Morgan fingerprint density at radius 1 is 1.24 bits per heavy atom. The van der Waals surface area contributed by atoms with E-state index in [9.17, 15) is 0 Å². The second kappa shape index (κ2) is 5.99. The van der Waals surface area contributed by atoms with E-state index < -0.39 is 0 Å². The monoisotopic (exact) mass is 382 g/mol. The molecule has 0 aliphatic rings. The molecule has 2 nitrogen and oxygen atoms in total. The Morgan fingerprint density at radius 2 is 2.05 bits per heavy atom. The van der Waals surface area contributed by atoms with Crippen molar-refractivity contribution in [1.82, 2.24) is 9.55 Å². The molecule has 0 amide bonds. The summed E-state index contributed by atoms with van der Waals surface area (Å²) in [6.45, 7) is 2.07. The van der Waals surface area contributed by atoms with Crippen molar-refractivity contribution < 1.29 is 0 Å².